The summed E-state index contributed by atoms with van der Waals surface area (Å²) in [4.78, 5) is 38.1. The van der Waals surface area contributed by atoms with Gasteiger partial charge in [-0.25, -0.2) is 0 Å². The molecule has 0 unspecified atom stereocenters. The third kappa shape index (κ3) is 53.2. The minimum Gasteiger partial charge on any atom is -0.462 e. The number of hydrogen-bond acceptors (Lipinski definition) is 6. The van der Waals surface area contributed by atoms with Gasteiger partial charge < -0.3 is 14.2 Å². The average Bonchev–Trinajstić information content (AvgIpc) is 3.33. The molecule has 0 aliphatic rings. The molecule has 0 heterocycles. The van der Waals surface area contributed by atoms with Crippen molar-refractivity contribution in [1.29, 1.82) is 0 Å². The third-order valence-corrected chi connectivity index (χ3v) is 11.5. The van der Waals surface area contributed by atoms with Crippen LogP contribution in [-0.2, 0) is 28.6 Å². The number of allylic oxidation sites excluding steroid dienone is 16. The van der Waals surface area contributed by atoms with E-state index in [2.05, 4.69) is 118 Å². The van der Waals surface area contributed by atoms with E-state index in [1.165, 1.54) is 77.0 Å². The fourth-order valence-electron chi connectivity index (χ4n) is 7.31. The Bertz CT molecular complexity index is 1350. The second kappa shape index (κ2) is 54.9. The number of carbonyl (C=O) groups is 3. The summed E-state index contributed by atoms with van der Waals surface area (Å²) in [5.41, 5.74) is 0. The Labute approximate surface area is 413 Å². The minimum absolute atomic E-state index is 0.102. The maximum Gasteiger partial charge on any atom is 0.306 e. The van der Waals surface area contributed by atoms with Gasteiger partial charge >= 0.3 is 17.9 Å². The lowest BCUT2D eigenvalue weighted by Crippen LogP contribution is -2.30. The molecule has 67 heavy (non-hydrogen) atoms. The predicted molar refractivity (Wildman–Crippen MR) is 288 cm³/mol. The molecule has 0 N–H and O–H groups in total. The van der Waals surface area contributed by atoms with Gasteiger partial charge in [-0.3, -0.25) is 14.4 Å². The van der Waals surface area contributed by atoms with Crippen LogP contribution in [-0.4, -0.2) is 37.2 Å². The molecule has 382 valence electrons. The van der Waals surface area contributed by atoms with Crippen molar-refractivity contribution < 1.29 is 28.6 Å². The van der Waals surface area contributed by atoms with Crippen LogP contribution in [0.3, 0.4) is 0 Å². The normalized spacial score (nSPS) is 12.8. The second-order valence-electron chi connectivity index (χ2n) is 18.1. The van der Waals surface area contributed by atoms with E-state index in [4.69, 9.17) is 14.2 Å². The molecule has 0 aromatic carbocycles. The van der Waals surface area contributed by atoms with Gasteiger partial charge in [0, 0.05) is 19.3 Å². The summed E-state index contributed by atoms with van der Waals surface area (Å²) in [6, 6.07) is 0. The monoisotopic (exact) mass is 931 g/mol. The van der Waals surface area contributed by atoms with Crippen LogP contribution in [0.25, 0.3) is 0 Å². The zero-order valence-corrected chi connectivity index (χ0v) is 43.6. The first-order chi connectivity index (χ1) is 33.0. The summed E-state index contributed by atoms with van der Waals surface area (Å²) in [7, 11) is 0. The van der Waals surface area contributed by atoms with Gasteiger partial charge in [-0.1, -0.05) is 201 Å². The van der Waals surface area contributed by atoms with Crippen LogP contribution >= 0.6 is 0 Å². The molecule has 0 aliphatic carbocycles. The number of esters is 3. The van der Waals surface area contributed by atoms with Gasteiger partial charge in [0.1, 0.15) is 13.2 Å². The van der Waals surface area contributed by atoms with E-state index in [-0.39, 0.29) is 31.1 Å². The van der Waals surface area contributed by atoms with E-state index >= 15 is 0 Å². The predicted octanol–water partition coefficient (Wildman–Crippen LogP) is 18.5. The zero-order valence-electron chi connectivity index (χ0n) is 43.6. The molecule has 0 bridgehead atoms. The van der Waals surface area contributed by atoms with E-state index in [0.717, 1.165) is 135 Å². The Morgan fingerprint density at radius 3 is 0.851 bits per heavy atom. The number of ether oxygens (including phenoxy) is 3. The molecule has 0 rings (SSSR count). The third-order valence-electron chi connectivity index (χ3n) is 11.5. The molecule has 0 spiro atoms. The fraction of sp³-hybridized carbons (Fsp3) is 0.689. The highest BCUT2D eigenvalue weighted by molar-refractivity contribution is 5.71. The van der Waals surface area contributed by atoms with Gasteiger partial charge in [-0.2, -0.15) is 0 Å². The molecule has 0 radical (unpaired) electrons. The molecule has 1 atom stereocenters. The standard InChI is InChI=1S/C61H102O6/c1-4-7-10-13-16-19-22-25-28-29-30-31-34-36-39-42-45-48-51-54-60(63)66-57-58(67-61(64)55-52-49-46-43-40-37-33-27-24-21-18-15-12-9-6-3)56-65-59(62)53-50-47-44-41-38-35-32-26-23-20-17-14-11-8-5-2/h16-21,25-28,30-33,36,39,58H,4-15,22-24,29,34-35,37-38,40-57H2,1-3H3/b19-16+,20-17+,21-18+,28-25+,31-30+,32-26+,33-27+,39-36+/t58-/m1/s1. The molecule has 0 saturated heterocycles. The van der Waals surface area contributed by atoms with E-state index in [1.54, 1.807) is 0 Å². The molecule has 0 aromatic rings. The van der Waals surface area contributed by atoms with Crippen LogP contribution in [0.1, 0.15) is 252 Å². The Kier molecular flexibility index (Phi) is 51.9. The average molecular weight is 931 g/mol. The number of rotatable bonds is 49. The summed E-state index contributed by atoms with van der Waals surface area (Å²) in [5.74, 6) is -0.960. The summed E-state index contributed by atoms with van der Waals surface area (Å²) in [6.45, 7) is 6.50. The Balaban J connectivity index is 4.50. The van der Waals surface area contributed by atoms with Gasteiger partial charge in [-0.15, -0.1) is 0 Å². The fourth-order valence-corrected chi connectivity index (χ4v) is 7.31. The first kappa shape index (κ1) is 63.3. The number of carbonyl (C=O) groups excluding carboxylic acids is 3. The summed E-state index contributed by atoms with van der Waals surface area (Å²) in [5, 5.41) is 0. The molecule has 0 fully saturated rings. The van der Waals surface area contributed by atoms with Crippen molar-refractivity contribution in [1.82, 2.24) is 0 Å². The lowest BCUT2D eigenvalue weighted by Gasteiger charge is -2.18. The van der Waals surface area contributed by atoms with E-state index in [1.807, 2.05) is 0 Å². The van der Waals surface area contributed by atoms with E-state index in [0.29, 0.717) is 19.3 Å². The summed E-state index contributed by atoms with van der Waals surface area (Å²) >= 11 is 0. The van der Waals surface area contributed by atoms with Crippen LogP contribution in [0.15, 0.2) is 97.2 Å². The molecule has 0 aliphatic heterocycles. The number of hydrogen-bond donors (Lipinski definition) is 0. The Morgan fingerprint density at radius 1 is 0.299 bits per heavy atom. The van der Waals surface area contributed by atoms with Gasteiger partial charge in [0.2, 0.25) is 0 Å². The molecule has 0 saturated carbocycles. The minimum atomic E-state index is -0.805. The highest BCUT2D eigenvalue weighted by Crippen LogP contribution is 2.13. The van der Waals surface area contributed by atoms with Crippen molar-refractivity contribution in [3.63, 3.8) is 0 Å². The lowest BCUT2D eigenvalue weighted by atomic mass is 10.1. The number of unbranched alkanes of at least 4 members (excludes halogenated alkanes) is 22. The van der Waals surface area contributed by atoms with Crippen molar-refractivity contribution in [2.45, 2.75) is 258 Å². The van der Waals surface area contributed by atoms with Crippen LogP contribution in [0.4, 0.5) is 0 Å². The van der Waals surface area contributed by atoms with Crippen LogP contribution < -0.4 is 0 Å². The highest BCUT2D eigenvalue weighted by Gasteiger charge is 2.19. The Hall–Kier alpha value is -3.67. The molecule has 6 heteroatoms. The quantitative estimate of drug-likeness (QED) is 0.0262. The van der Waals surface area contributed by atoms with Crippen molar-refractivity contribution >= 4 is 17.9 Å². The van der Waals surface area contributed by atoms with Crippen molar-refractivity contribution in [3.8, 4) is 0 Å². The van der Waals surface area contributed by atoms with Crippen molar-refractivity contribution in [3.05, 3.63) is 97.2 Å². The van der Waals surface area contributed by atoms with Gasteiger partial charge in [-0.05, 0) is 128 Å². The molecule has 0 amide bonds. The maximum absolute atomic E-state index is 12.8. The zero-order chi connectivity index (χ0) is 48.6. The van der Waals surface area contributed by atoms with E-state index in [9.17, 15) is 14.4 Å². The highest BCUT2D eigenvalue weighted by atomic mass is 16.6. The maximum atomic E-state index is 12.8. The van der Waals surface area contributed by atoms with Gasteiger partial charge in [0.05, 0.1) is 0 Å². The summed E-state index contributed by atoms with van der Waals surface area (Å²) < 4.78 is 16.8. The smallest absolute Gasteiger partial charge is 0.306 e. The van der Waals surface area contributed by atoms with E-state index < -0.39 is 6.10 Å². The largest absolute Gasteiger partial charge is 0.462 e. The van der Waals surface area contributed by atoms with Crippen LogP contribution in [0.2, 0.25) is 0 Å². The Morgan fingerprint density at radius 2 is 0.537 bits per heavy atom. The first-order valence-corrected chi connectivity index (χ1v) is 27.7. The lowest BCUT2D eigenvalue weighted by molar-refractivity contribution is -0.167. The summed E-state index contributed by atoms with van der Waals surface area (Å²) in [6.07, 6.45) is 72.4. The van der Waals surface area contributed by atoms with Crippen molar-refractivity contribution in [2.24, 2.45) is 0 Å². The SMILES string of the molecule is CCCCC/C=C/C/C=C/C/C=C/C/C=C/CCCCCC(=O)OC[C@@H](COC(=O)CCCCCCC/C=C/C/C=C/CCCCC)OC(=O)CCCCCCC/C=C/C/C=C/CCCCC. The molecule has 0 aromatic heterocycles. The molecule has 6 nitrogen and oxygen atoms in total. The molecular formula is C61H102O6. The molecular weight excluding hydrogens is 829 g/mol. The second-order valence-corrected chi connectivity index (χ2v) is 18.1. The topological polar surface area (TPSA) is 78.9 Å². The van der Waals surface area contributed by atoms with Crippen LogP contribution in [0, 0.1) is 0 Å². The van der Waals surface area contributed by atoms with Crippen LogP contribution in [0.5, 0.6) is 0 Å². The van der Waals surface area contributed by atoms with Crippen molar-refractivity contribution in [2.75, 3.05) is 13.2 Å². The van der Waals surface area contributed by atoms with Gasteiger partial charge in [0.15, 0.2) is 6.10 Å². The first-order valence-electron chi connectivity index (χ1n) is 27.7. The van der Waals surface area contributed by atoms with Gasteiger partial charge in [0.25, 0.3) is 0 Å².